The molecule has 4 heterocycles. The highest BCUT2D eigenvalue weighted by Crippen LogP contribution is 2.49. The van der Waals surface area contributed by atoms with Gasteiger partial charge in [-0.25, -0.2) is 9.98 Å². The Labute approximate surface area is 233 Å². The zero-order chi connectivity index (χ0) is 29.7. The Morgan fingerprint density at radius 2 is 1.74 bits per heavy atom. The SMILES string of the molecule is [2H]C([2H])([2H])[C@@H]1COC(c2cc(Oc3cc4c(cc3C)C(C)(C)c3cccc5c6cc(C)cnc6n-4c35)c(C)cc2C)=N1. The van der Waals surface area contributed by atoms with E-state index in [1.54, 1.807) is 0 Å². The molecule has 7 rings (SSSR count). The van der Waals surface area contributed by atoms with E-state index < -0.39 is 12.9 Å². The van der Waals surface area contributed by atoms with Gasteiger partial charge in [0.05, 0.1) is 17.2 Å². The van der Waals surface area contributed by atoms with Gasteiger partial charge in [-0.2, -0.15) is 0 Å². The number of hydrogen-bond donors (Lipinski definition) is 0. The average molecular weight is 519 g/mol. The van der Waals surface area contributed by atoms with Gasteiger partial charge in [-0.15, -0.1) is 0 Å². The Balaban J connectivity index is 1.38. The summed E-state index contributed by atoms with van der Waals surface area (Å²) >= 11 is 0. The smallest absolute Gasteiger partial charge is 0.216 e. The lowest BCUT2D eigenvalue weighted by atomic mass is 9.74. The number of rotatable bonds is 3. The first-order valence-corrected chi connectivity index (χ1v) is 13.4. The van der Waals surface area contributed by atoms with E-state index in [0.717, 1.165) is 50.3 Å². The lowest BCUT2D eigenvalue weighted by molar-refractivity contribution is 0.324. The van der Waals surface area contributed by atoms with Crippen LogP contribution in [0.1, 0.15) is 63.8 Å². The van der Waals surface area contributed by atoms with Gasteiger partial charge < -0.3 is 9.47 Å². The van der Waals surface area contributed by atoms with Gasteiger partial charge in [0.2, 0.25) is 5.90 Å². The van der Waals surface area contributed by atoms with Crippen molar-refractivity contribution in [3.63, 3.8) is 0 Å². The van der Waals surface area contributed by atoms with E-state index in [9.17, 15) is 0 Å². The zero-order valence-electron chi connectivity index (χ0n) is 26.1. The molecule has 196 valence electrons. The number of hydrogen-bond acceptors (Lipinski definition) is 4. The van der Waals surface area contributed by atoms with E-state index in [2.05, 4.69) is 73.7 Å². The van der Waals surface area contributed by atoms with E-state index in [1.165, 1.54) is 22.0 Å². The third-order valence-corrected chi connectivity index (χ3v) is 8.27. The van der Waals surface area contributed by atoms with Gasteiger partial charge in [0.15, 0.2) is 0 Å². The summed E-state index contributed by atoms with van der Waals surface area (Å²) < 4.78 is 37.9. The van der Waals surface area contributed by atoms with Crippen molar-refractivity contribution < 1.29 is 13.6 Å². The van der Waals surface area contributed by atoms with Crippen LogP contribution in [0.4, 0.5) is 0 Å². The summed E-state index contributed by atoms with van der Waals surface area (Å²) in [4.78, 5) is 9.30. The highest BCUT2D eigenvalue weighted by atomic mass is 16.5. The molecular weight excluding hydrogens is 482 g/mol. The van der Waals surface area contributed by atoms with Crippen LogP contribution in [0.15, 0.2) is 59.7 Å². The van der Waals surface area contributed by atoms with Gasteiger partial charge >= 0.3 is 0 Å². The topological polar surface area (TPSA) is 48.6 Å². The van der Waals surface area contributed by atoms with Crippen molar-refractivity contribution >= 4 is 27.8 Å². The fourth-order valence-electron chi connectivity index (χ4n) is 6.22. The molecule has 0 spiro atoms. The first-order valence-electron chi connectivity index (χ1n) is 14.9. The summed E-state index contributed by atoms with van der Waals surface area (Å²) in [5, 5.41) is 2.34. The summed E-state index contributed by atoms with van der Waals surface area (Å²) in [5.74, 6) is 1.77. The Kier molecular flexibility index (Phi) is 4.37. The molecule has 1 atom stereocenters. The fourth-order valence-corrected chi connectivity index (χ4v) is 6.22. The maximum atomic E-state index is 7.74. The first kappa shape index (κ1) is 20.8. The van der Waals surface area contributed by atoms with Gasteiger partial charge in [-0.1, -0.05) is 38.1 Å². The third-order valence-electron chi connectivity index (χ3n) is 8.27. The van der Waals surface area contributed by atoms with Gasteiger partial charge in [0, 0.05) is 38.1 Å². The first-order chi connectivity index (χ1) is 19.8. The van der Waals surface area contributed by atoms with Crippen molar-refractivity contribution in [2.75, 3.05) is 6.61 Å². The number of fused-ring (bicyclic) bond motifs is 5. The molecule has 2 aliphatic rings. The van der Waals surface area contributed by atoms with Crippen LogP contribution in [0.25, 0.3) is 27.6 Å². The summed E-state index contributed by atoms with van der Waals surface area (Å²) in [5.41, 5.74) is 10.3. The lowest BCUT2D eigenvalue weighted by Crippen LogP contribution is -2.26. The number of ether oxygens (including phenoxy) is 2. The van der Waals surface area contributed by atoms with Gasteiger partial charge in [0.1, 0.15) is 23.8 Å². The van der Waals surface area contributed by atoms with Crippen molar-refractivity contribution in [2.45, 2.75) is 59.9 Å². The van der Waals surface area contributed by atoms with Crippen LogP contribution in [-0.4, -0.2) is 28.1 Å². The second-order valence-corrected chi connectivity index (χ2v) is 11.5. The molecule has 0 fully saturated rings. The Bertz CT molecular complexity index is 1980. The van der Waals surface area contributed by atoms with Gasteiger partial charge in [0.25, 0.3) is 0 Å². The largest absolute Gasteiger partial charge is 0.475 e. The molecule has 39 heavy (non-hydrogen) atoms. The maximum Gasteiger partial charge on any atom is 0.216 e. The molecule has 3 aromatic carbocycles. The van der Waals surface area contributed by atoms with Crippen molar-refractivity contribution in [1.82, 2.24) is 9.55 Å². The minimum atomic E-state index is -2.20. The molecule has 0 bridgehead atoms. The monoisotopic (exact) mass is 518 g/mol. The Hall–Kier alpha value is -4.12. The molecule has 0 saturated heterocycles. The zero-order valence-corrected chi connectivity index (χ0v) is 23.1. The number of benzene rings is 3. The molecule has 2 aromatic heterocycles. The van der Waals surface area contributed by atoms with Crippen LogP contribution in [0.5, 0.6) is 11.5 Å². The quantitative estimate of drug-likeness (QED) is 0.243. The van der Waals surface area contributed by atoms with Crippen LogP contribution >= 0.6 is 0 Å². The van der Waals surface area contributed by atoms with E-state index in [-0.39, 0.29) is 12.0 Å². The molecule has 0 amide bonds. The summed E-state index contributed by atoms with van der Waals surface area (Å²) in [7, 11) is 0. The second-order valence-electron chi connectivity index (χ2n) is 11.5. The molecule has 5 heteroatoms. The Morgan fingerprint density at radius 3 is 2.54 bits per heavy atom. The van der Waals surface area contributed by atoms with Gasteiger partial charge in [-0.3, -0.25) is 4.57 Å². The molecule has 0 radical (unpaired) electrons. The minimum absolute atomic E-state index is 0.0450. The molecule has 5 nitrogen and oxygen atoms in total. The number of pyridine rings is 1. The molecule has 0 saturated carbocycles. The van der Waals surface area contributed by atoms with E-state index >= 15 is 0 Å². The summed E-state index contributed by atoms with van der Waals surface area (Å²) in [6, 6.07) is 16.2. The number of aliphatic imine (C=N–C) groups is 1. The molecular formula is C34H33N3O2. The predicted molar refractivity (Wildman–Crippen MR) is 158 cm³/mol. The van der Waals surface area contributed by atoms with Gasteiger partial charge in [-0.05, 0) is 86.1 Å². The normalized spacial score (nSPS) is 18.8. The lowest BCUT2D eigenvalue weighted by Gasteiger charge is -2.35. The number of nitrogens with zero attached hydrogens (tertiary/aromatic N) is 3. The van der Waals surface area contributed by atoms with E-state index in [4.69, 9.17) is 18.6 Å². The molecule has 0 aliphatic carbocycles. The standard InChI is InChI=1S/C34H33N3O2/c1-18-11-25-23-9-8-10-26-31(23)37(32(25)35-16-18)28-15-30(21(4)13-27(28)34(26,6)7)39-29-14-24(19(2)12-20(29)3)33-36-22(5)17-38-33/h8-16,22H,17H2,1-7H3/t22-/m1/s1/i5D3. The molecule has 5 aromatic rings. The van der Waals surface area contributed by atoms with Crippen LogP contribution < -0.4 is 4.74 Å². The number of aryl methyl sites for hydroxylation is 4. The summed E-state index contributed by atoms with van der Waals surface area (Å²) in [6.07, 6.45) is 1.93. The third kappa shape index (κ3) is 3.45. The maximum absolute atomic E-state index is 7.74. The summed E-state index contributed by atoms with van der Waals surface area (Å²) in [6.45, 7) is 10.6. The minimum Gasteiger partial charge on any atom is -0.475 e. The Morgan fingerprint density at radius 1 is 0.949 bits per heavy atom. The number of aromatic nitrogens is 2. The number of para-hydroxylation sites is 1. The van der Waals surface area contributed by atoms with E-state index in [1.807, 2.05) is 32.2 Å². The van der Waals surface area contributed by atoms with Crippen molar-refractivity contribution in [1.29, 1.82) is 0 Å². The second kappa shape index (κ2) is 8.19. The molecule has 2 aliphatic heterocycles. The molecule has 0 unspecified atom stereocenters. The van der Waals surface area contributed by atoms with Crippen LogP contribution in [0.2, 0.25) is 0 Å². The highest BCUT2D eigenvalue weighted by molar-refractivity contribution is 6.10. The molecule has 0 N–H and O–H groups in total. The average Bonchev–Trinajstić information content (AvgIpc) is 3.54. The van der Waals surface area contributed by atoms with Crippen LogP contribution in [0.3, 0.4) is 0 Å². The highest BCUT2D eigenvalue weighted by Gasteiger charge is 2.36. The van der Waals surface area contributed by atoms with Crippen molar-refractivity contribution in [2.24, 2.45) is 4.99 Å². The van der Waals surface area contributed by atoms with E-state index in [0.29, 0.717) is 11.6 Å². The van der Waals surface area contributed by atoms with Crippen molar-refractivity contribution in [3.05, 3.63) is 93.7 Å². The van der Waals surface area contributed by atoms with Crippen LogP contribution in [-0.2, 0) is 10.2 Å². The van der Waals surface area contributed by atoms with Crippen molar-refractivity contribution in [3.8, 4) is 17.2 Å². The fraction of sp³-hybridized carbons (Fsp3) is 0.294. The predicted octanol–water partition coefficient (Wildman–Crippen LogP) is 8.01. The van der Waals surface area contributed by atoms with Crippen LogP contribution in [0, 0.1) is 27.7 Å².